The molecule has 1 N–H and O–H groups in total. The van der Waals surface area contributed by atoms with E-state index in [1.807, 2.05) is 43.1 Å². The van der Waals surface area contributed by atoms with Gasteiger partial charge in [0.05, 0.1) is 5.69 Å². The van der Waals surface area contributed by atoms with Crippen molar-refractivity contribution in [3.05, 3.63) is 70.8 Å². The first kappa shape index (κ1) is 23.1. The van der Waals surface area contributed by atoms with E-state index in [0.717, 1.165) is 41.2 Å². The number of carbonyl (C=O) groups is 1. The highest BCUT2D eigenvalue weighted by atomic mass is 19.3. The Bertz CT molecular complexity index is 1250. The molecule has 5 rings (SSSR count). The van der Waals surface area contributed by atoms with Crippen molar-refractivity contribution >= 4 is 23.2 Å². The van der Waals surface area contributed by atoms with E-state index in [2.05, 4.69) is 26.3 Å². The lowest BCUT2D eigenvalue weighted by Gasteiger charge is -2.35. The average Bonchev–Trinajstić information content (AvgIpc) is 2.85. The molecule has 0 aliphatic carbocycles. The van der Waals surface area contributed by atoms with Crippen LogP contribution in [-0.2, 0) is 13.0 Å². The van der Waals surface area contributed by atoms with E-state index in [0.29, 0.717) is 23.7 Å². The van der Waals surface area contributed by atoms with Gasteiger partial charge in [-0.3, -0.25) is 14.8 Å². The number of aryl methyl sites for hydroxylation is 2. The van der Waals surface area contributed by atoms with Gasteiger partial charge in [-0.05, 0) is 48.7 Å². The summed E-state index contributed by atoms with van der Waals surface area (Å²) in [4.78, 5) is 30.7. The van der Waals surface area contributed by atoms with Crippen LogP contribution in [-0.4, -0.2) is 46.4 Å². The molecule has 2 aliphatic heterocycles. The fourth-order valence-corrected chi connectivity index (χ4v) is 4.69. The van der Waals surface area contributed by atoms with Gasteiger partial charge in [-0.25, -0.2) is 13.8 Å². The second kappa shape index (κ2) is 9.20. The predicted octanol–water partition coefficient (Wildman–Crippen LogP) is 4.54. The van der Waals surface area contributed by atoms with Crippen LogP contribution in [0.2, 0.25) is 0 Å². The summed E-state index contributed by atoms with van der Waals surface area (Å²) in [6, 6.07) is 9.55. The largest absolute Gasteiger partial charge is 0.354 e. The Kier molecular flexibility index (Phi) is 6.08. The van der Waals surface area contributed by atoms with Crippen molar-refractivity contribution in [3.8, 4) is 0 Å². The number of halogens is 2. The molecule has 0 unspecified atom stereocenters. The lowest BCUT2D eigenvalue weighted by molar-refractivity contribution is -0.0221. The number of aromatic nitrogens is 3. The van der Waals surface area contributed by atoms with Crippen LogP contribution >= 0.6 is 0 Å². The van der Waals surface area contributed by atoms with E-state index in [1.54, 1.807) is 12.3 Å². The molecule has 9 heteroatoms. The van der Waals surface area contributed by atoms with Crippen molar-refractivity contribution < 1.29 is 13.6 Å². The van der Waals surface area contributed by atoms with E-state index < -0.39 is 5.92 Å². The first-order valence-corrected chi connectivity index (χ1v) is 11.9. The minimum Gasteiger partial charge on any atom is -0.354 e. The van der Waals surface area contributed by atoms with E-state index in [4.69, 9.17) is 4.98 Å². The zero-order valence-electron chi connectivity index (χ0n) is 19.9. The van der Waals surface area contributed by atoms with Crippen molar-refractivity contribution in [1.29, 1.82) is 0 Å². The molecular formula is C26H28F2N6O. The molecule has 5 heterocycles. The zero-order valence-corrected chi connectivity index (χ0v) is 19.9. The summed E-state index contributed by atoms with van der Waals surface area (Å²) in [5.41, 5.74) is 4.68. The number of carbonyl (C=O) groups excluding carboxylic acids is 1. The molecule has 0 bridgehead atoms. The molecule has 0 aromatic carbocycles. The van der Waals surface area contributed by atoms with Crippen LogP contribution < -0.4 is 15.1 Å². The maximum Gasteiger partial charge on any atom is 0.274 e. The highest BCUT2D eigenvalue weighted by Crippen LogP contribution is 2.37. The van der Waals surface area contributed by atoms with Gasteiger partial charge in [0, 0.05) is 63.5 Å². The van der Waals surface area contributed by atoms with Crippen molar-refractivity contribution in [2.45, 2.75) is 45.6 Å². The van der Waals surface area contributed by atoms with Crippen molar-refractivity contribution in [3.63, 3.8) is 0 Å². The summed E-state index contributed by atoms with van der Waals surface area (Å²) in [6.45, 7) is 5.50. The highest BCUT2D eigenvalue weighted by Gasteiger charge is 2.36. The topological polar surface area (TPSA) is 74.2 Å². The number of piperidine rings is 1. The smallest absolute Gasteiger partial charge is 0.274 e. The van der Waals surface area contributed by atoms with Crippen molar-refractivity contribution in [2.75, 3.05) is 34.8 Å². The molecular weight excluding hydrogens is 450 g/mol. The summed E-state index contributed by atoms with van der Waals surface area (Å²) >= 11 is 0. The molecule has 182 valence electrons. The van der Waals surface area contributed by atoms with Crippen LogP contribution in [0.1, 0.15) is 45.7 Å². The number of alkyl halides is 2. The number of rotatable bonds is 4. The number of hydrogen-bond acceptors (Lipinski definition) is 6. The third-order valence-corrected chi connectivity index (χ3v) is 6.73. The fourth-order valence-electron chi connectivity index (χ4n) is 4.69. The summed E-state index contributed by atoms with van der Waals surface area (Å²) in [5.74, 6) is -1.74. The molecule has 1 amide bonds. The first-order valence-electron chi connectivity index (χ1n) is 11.9. The highest BCUT2D eigenvalue weighted by molar-refractivity contribution is 6.06. The molecule has 0 atom stereocenters. The van der Waals surface area contributed by atoms with Gasteiger partial charge < -0.3 is 15.1 Å². The molecule has 1 saturated heterocycles. The minimum absolute atomic E-state index is 0.168. The van der Waals surface area contributed by atoms with Gasteiger partial charge >= 0.3 is 0 Å². The number of nitrogens with zero attached hydrogens (tertiary/aromatic N) is 5. The van der Waals surface area contributed by atoms with Crippen LogP contribution in [0.3, 0.4) is 0 Å². The van der Waals surface area contributed by atoms with Gasteiger partial charge in [-0.1, -0.05) is 12.1 Å². The number of hydrogen-bond donors (Lipinski definition) is 1. The van der Waals surface area contributed by atoms with Crippen LogP contribution in [0.4, 0.5) is 26.1 Å². The Hall–Kier alpha value is -3.62. The SMILES string of the molecule is Cc1cccnc1C(=O)Nc1c(C)cc(N2CCc3ncccc3C2)nc1N1CCC(F)(F)CC1. The fraction of sp³-hybridized carbons (Fsp3) is 0.385. The maximum atomic E-state index is 13.9. The van der Waals surface area contributed by atoms with Gasteiger partial charge in [0.25, 0.3) is 11.8 Å². The molecule has 0 saturated carbocycles. The van der Waals surface area contributed by atoms with E-state index in [9.17, 15) is 13.6 Å². The number of fused-ring (bicyclic) bond motifs is 1. The molecule has 3 aromatic heterocycles. The molecule has 1 fully saturated rings. The monoisotopic (exact) mass is 478 g/mol. The normalized spacial score (nSPS) is 17.1. The van der Waals surface area contributed by atoms with Gasteiger partial charge in [0.1, 0.15) is 11.5 Å². The molecule has 7 nitrogen and oxygen atoms in total. The molecule has 0 spiro atoms. The lowest BCUT2D eigenvalue weighted by atomic mass is 10.0. The number of anilines is 3. The number of pyridine rings is 3. The van der Waals surface area contributed by atoms with Crippen LogP contribution in [0.25, 0.3) is 0 Å². The Balaban J connectivity index is 1.50. The molecule has 35 heavy (non-hydrogen) atoms. The van der Waals surface area contributed by atoms with E-state index in [1.165, 1.54) is 0 Å². The number of amides is 1. The first-order chi connectivity index (χ1) is 16.8. The van der Waals surface area contributed by atoms with Crippen molar-refractivity contribution in [1.82, 2.24) is 15.0 Å². The Labute approximate surface area is 203 Å². The van der Waals surface area contributed by atoms with Crippen LogP contribution in [0.15, 0.2) is 42.7 Å². The molecule has 3 aromatic rings. The number of nitrogens with one attached hydrogen (secondary N) is 1. The Morgan fingerprint density at radius 2 is 1.74 bits per heavy atom. The maximum absolute atomic E-state index is 13.9. The van der Waals surface area contributed by atoms with Gasteiger partial charge in [0.2, 0.25) is 0 Å². The lowest BCUT2D eigenvalue weighted by Crippen LogP contribution is -2.40. The summed E-state index contributed by atoms with van der Waals surface area (Å²) in [5, 5.41) is 2.98. The molecule has 0 radical (unpaired) electrons. The third kappa shape index (κ3) is 4.80. The van der Waals surface area contributed by atoms with Crippen LogP contribution in [0.5, 0.6) is 0 Å². The molecule has 2 aliphatic rings. The quantitative estimate of drug-likeness (QED) is 0.594. The predicted molar refractivity (Wildman–Crippen MR) is 131 cm³/mol. The average molecular weight is 479 g/mol. The van der Waals surface area contributed by atoms with Gasteiger partial charge in [-0.2, -0.15) is 0 Å². The zero-order chi connectivity index (χ0) is 24.6. The standard InChI is InChI=1S/C26H28F2N6O/c1-17-5-3-11-30-23(17)25(35)32-22-18(2)15-21(31-24(22)33-13-8-26(27,28)9-14-33)34-12-7-20-19(16-34)6-4-10-29-20/h3-6,10-11,15H,7-9,12-14,16H2,1-2H3,(H,32,35). The minimum atomic E-state index is -2.68. The van der Waals surface area contributed by atoms with Gasteiger partial charge in [0.15, 0.2) is 5.82 Å². The van der Waals surface area contributed by atoms with Gasteiger partial charge in [-0.15, -0.1) is 0 Å². The Morgan fingerprint density at radius 3 is 2.51 bits per heavy atom. The second-order valence-corrected chi connectivity index (χ2v) is 9.24. The van der Waals surface area contributed by atoms with E-state index in [-0.39, 0.29) is 31.8 Å². The summed E-state index contributed by atoms with van der Waals surface area (Å²) in [6.07, 6.45) is 3.70. The Morgan fingerprint density at radius 1 is 1.00 bits per heavy atom. The summed E-state index contributed by atoms with van der Waals surface area (Å²) in [7, 11) is 0. The van der Waals surface area contributed by atoms with Crippen LogP contribution in [0, 0.1) is 13.8 Å². The third-order valence-electron chi connectivity index (χ3n) is 6.73. The second-order valence-electron chi connectivity index (χ2n) is 9.24. The van der Waals surface area contributed by atoms with Crippen molar-refractivity contribution in [2.24, 2.45) is 0 Å². The van der Waals surface area contributed by atoms with E-state index >= 15 is 0 Å². The summed E-state index contributed by atoms with van der Waals surface area (Å²) < 4.78 is 27.8.